The van der Waals surface area contributed by atoms with Gasteiger partial charge in [-0.3, -0.25) is 9.78 Å². The first kappa shape index (κ1) is 20.4. The van der Waals surface area contributed by atoms with Gasteiger partial charge in [-0.2, -0.15) is 0 Å². The second-order valence-electron chi connectivity index (χ2n) is 6.63. The number of carbonyl (C=O) groups is 1. The average molecular weight is 390 g/mol. The third-order valence-corrected chi connectivity index (χ3v) is 4.43. The first-order chi connectivity index (χ1) is 14.1. The van der Waals surface area contributed by atoms with E-state index in [9.17, 15) is 4.79 Å². The molecule has 0 aliphatic rings. The highest BCUT2D eigenvalue weighted by molar-refractivity contribution is 5.94. The fourth-order valence-corrected chi connectivity index (χ4v) is 2.91. The summed E-state index contributed by atoms with van der Waals surface area (Å²) in [5.74, 6) is 1.23. The van der Waals surface area contributed by atoms with E-state index in [1.807, 2.05) is 69.3 Å². The number of hydrogen-bond donors (Lipinski definition) is 1. The maximum Gasteiger partial charge on any atom is 0.253 e. The Bertz CT molecular complexity index is 951. The standard InChI is InChI=1S/C24H26N2O3/c1-4-28-22-13-8-18(14-23(22)29-5-2)15-26-24(27)20-11-12-21(25-16-20)19-9-6-17(3)7-10-19/h6-14,16H,4-5,15H2,1-3H3,(H,26,27). The molecule has 0 aliphatic heterocycles. The summed E-state index contributed by atoms with van der Waals surface area (Å²) in [4.78, 5) is 16.9. The molecule has 5 heteroatoms. The fourth-order valence-electron chi connectivity index (χ4n) is 2.91. The van der Waals surface area contributed by atoms with Crippen LogP contribution >= 0.6 is 0 Å². The van der Waals surface area contributed by atoms with Crippen LogP contribution in [-0.2, 0) is 6.54 Å². The summed E-state index contributed by atoms with van der Waals surface area (Å²) in [7, 11) is 0. The van der Waals surface area contributed by atoms with Crippen LogP contribution in [0.25, 0.3) is 11.3 Å². The molecule has 3 rings (SSSR count). The maximum atomic E-state index is 12.5. The van der Waals surface area contributed by atoms with Crippen molar-refractivity contribution < 1.29 is 14.3 Å². The maximum absolute atomic E-state index is 12.5. The van der Waals surface area contributed by atoms with Gasteiger partial charge in [-0.05, 0) is 50.6 Å². The zero-order valence-corrected chi connectivity index (χ0v) is 17.1. The van der Waals surface area contributed by atoms with Crippen molar-refractivity contribution >= 4 is 5.91 Å². The van der Waals surface area contributed by atoms with Crippen molar-refractivity contribution in [2.45, 2.75) is 27.3 Å². The normalized spacial score (nSPS) is 10.4. The summed E-state index contributed by atoms with van der Waals surface area (Å²) in [6, 6.07) is 17.5. The van der Waals surface area contributed by atoms with Gasteiger partial charge in [-0.1, -0.05) is 35.9 Å². The second-order valence-corrected chi connectivity index (χ2v) is 6.63. The van der Waals surface area contributed by atoms with Crippen molar-refractivity contribution in [3.63, 3.8) is 0 Å². The van der Waals surface area contributed by atoms with Crippen molar-refractivity contribution in [3.05, 3.63) is 77.5 Å². The number of aromatic nitrogens is 1. The molecule has 0 radical (unpaired) electrons. The quantitative estimate of drug-likeness (QED) is 0.601. The van der Waals surface area contributed by atoms with Gasteiger partial charge in [0.1, 0.15) is 0 Å². The Balaban J connectivity index is 1.64. The number of nitrogens with zero attached hydrogens (tertiary/aromatic N) is 1. The van der Waals surface area contributed by atoms with Gasteiger partial charge in [-0.15, -0.1) is 0 Å². The zero-order valence-electron chi connectivity index (χ0n) is 17.1. The van der Waals surface area contributed by atoms with E-state index in [1.54, 1.807) is 12.3 Å². The van der Waals surface area contributed by atoms with E-state index in [1.165, 1.54) is 5.56 Å². The lowest BCUT2D eigenvalue weighted by Gasteiger charge is -2.13. The summed E-state index contributed by atoms with van der Waals surface area (Å²) in [6.45, 7) is 7.42. The first-order valence-corrected chi connectivity index (χ1v) is 9.80. The van der Waals surface area contributed by atoms with E-state index in [-0.39, 0.29) is 5.91 Å². The molecule has 1 aromatic heterocycles. The van der Waals surface area contributed by atoms with Crippen molar-refractivity contribution in [2.75, 3.05) is 13.2 Å². The number of nitrogens with one attached hydrogen (secondary N) is 1. The van der Waals surface area contributed by atoms with Gasteiger partial charge < -0.3 is 14.8 Å². The second kappa shape index (κ2) is 9.73. The van der Waals surface area contributed by atoms with Crippen molar-refractivity contribution in [1.29, 1.82) is 0 Å². The lowest BCUT2D eigenvalue weighted by atomic mass is 10.1. The molecule has 150 valence electrons. The van der Waals surface area contributed by atoms with Crippen LogP contribution in [0.3, 0.4) is 0 Å². The largest absolute Gasteiger partial charge is 0.490 e. The summed E-state index contributed by atoms with van der Waals surface area (Å²) in [6.07, 6.45) is 1.61. The molecule has 0 saturated heterocycles. The molecule has 0 aliphatic carbocycles. The molecule has 29 heavy (non-hydrogen) atoms. The number of amides is 1. The Morgan fingerprint density at radius 2 is 1.66 bits per heavy atom. The monoisotopic (exact) mass is 390 g/mol. The molecule has 0 spiro atoms. The Morgan fingerprint density at radius 1 is 0.931 bits per heavy atom. The zero-order chi connectivity index (χ0) is 20.6. The molecule has 1 amide bonds. The molecule has 2 aromatic carbocycles. The van der Waals surface area contributed by atoms with Gasteiger partial charge in [-0.25, -0.2) is 0 Å². The van der Waals surface area contributed by atoms with E-state index in [2.05, 4.69) is 10.3 Å². The summed E-state index contributed by atoms with van der Waals surface area (Å²) in [5.41, 5.74) is 4.53. The van der Waals surface area contributed by atoms with Gasteiger partial charge in [0.05, 0.1) is 24.5 Å². The Hall–Kier alpha value is -3.34. The number of carbonyl (C=O) groups excluding carboxylic acids is 1. The van der Waals surface area contributed by atoms with E-state index in [4.69, 9.17) is 9.47 Å². The number of aryl methyl sites for hydroxylation is 1. The average Bonchev–Trinajstić information content (AvgIpc) is 2.74. The minimum atomic E-state index is -0.167. The van der Waals surface area contributed by atoms with Crippen LogP contribution in [0.5, 0.6) is 11.5 Å². The third kappa shape index (κ3) is 5.35. The van der Waals surface area contributed by atoms with Gasteiger partial charge in [0, 0.05) is 18.3 Å². The molecule has 0 fully saturated rings. The molecule has 0 saturated carbocycles. The SMILES string of the molecule is CCOc1ccc(CNC(=O)c2ccc(-c3ccc(C)cc3)nc2)cc1OCC. The number of rotatable bonds is 8. The topological polar surface area (TPSA) is 60.5 Å². The van der Waals surface area contributed by atoms with E-state index >= 15 is 0 Å². The predicted molar refractivity (Wildman–Crippen MR) is 114 cm³/mol. The fraction of sp³-hybridized carbons (Fsp3) is 0.250. The van der Waals surface area contributed by atoms with Crippen LogP contribution in [0.4, 0.5) is 0 Å². The lowest BCUT2D eigenvalue weighted by Crippen LogP contribution is -2.23. The van der Waals surface area contributed by atoms with Crippen LogP contribution < -0.4 is 14.8 Å². The molecule has 1 N–H and O–H groups in total. The summed E-state index contributed by atoms with van der Waals surface area (Å²) < 4.78 is 11.2. The summed E-state index contributed by atoms with van der Waals surface area (Å²) >= 11 is 0. The lowest BCUT2D eigenvalue weighted by molar-refractivity contribution is 0.0950. The molecule has 5 nitrogen and oxygen atoms in total. The van der Waals surface area contributed by atoms with Crippen molar-refractivity contribution in [1.82, 2.24) is 10.3 Å². The Labute approximate surface area is 171 Å². The molecule has 0 atom stereocenters. The number of benzene rings is 2. The Kier molecular flexibility index (Phi) is 6.85. The number of hydrogen-bond acceptors (Lipinski definition) is 4. The van der Waals surface area contributed by atoms with E-state index in [0.29, 0.717) is 36.8 Å². The van der Waals surface area contributed by atoms with E-state index in [0.717, 1.165) is 16.8 Å². The predicted octanol–water partition coefficient (Wildman–Crippen LogP) is 4.78. The Morgan fingerprint density at radius 3 is 2.31 bits per heavy atom. The van der Waals surface area contributed by atoms with Gasteiger partial charge >= 0.3 is 0 Å². The highest BCUT2D eigenvalue weighted by atomic mass is 16.5. The molecule has 1 heterocycles. The number of ether oxygens (including phenoxy) is 2. The van der Waals surface area contributed by atoms with Crippen LogP contribution in [0.2, 0.25) is 0 Å². The minimum absolute atomic E-state index is 0.167. The third-order valence-electron chi connectivity index (χ3n) is 4.43. The van der Waals surface area contributed by atoms with E-state index < -0.39 is 0 Å². The van der Waals surface area contributed by atoms with Crippen LogP contribution in [-0.4, -0.2) is 24.1 Å². The van der Waals surface area contributed by atoms with Gasteiger partial charge in [0.15, 0.2) is 11.5 Å². The minimum Gasteiger partial charge on any atom is -0.490 e. The molecule has 0 bridgehead atoms. The molecular formula is C24H26N2O3. The highest BCUT2D eigenvalue weighted by Crippen LogP contribution is 2.28. The van der Waals surface area contributed by atoms with Gasteiger partial charge in [0.2, 0.25) is 0 Å². The van der Waals surface area contributed by atoms with Crippen molar-refractivity contribution in [3.8, 4) is 22.8 Å². The first-order valence-electron chi connectivity index (χ1n) is 9.80. The van der Waals surface area contributed by atoms with Crippen LogP contribution in [0, 0.1) is 6.92 Å². The molecule has 0 unspecified atom stereocenters. The summed E-state index contributed by atoms with van der Waals surface area (Å²) in [5, 5.41) is 2.93. The smallest absolute Gasteiger partial charge is 0.253 e. The molecular weight excluding hydrogens is 364 g/mol. The molecule has 3 aromatic rings. The van der Waals surface area contributed by atoms with Crippen molar-refractivity contribution in [2.24, 2.45) is 0 Å². The number of pyridine rings is 1. The van der Waals surface area contributed by atoms with Crippen LogP contribution in [0.1, 0.15) is 35.3 Å². The van der Waals surface area contributed by atoms with Gasteiger partial charge in [0.25, 0.3) is 5.91 Å². The highest BCUT2D eigenvalue weighted by Gasteiger charge is 2.10. The van der Waals surface area contributed by atoms with Crippen LogP contribution in [0.15, 0.2) is 60.8 Å².